The van der Waals surface area contributed by atoms with Gasteiger partial charge in [0.25, 0.3) is 5.91 Å². The Balaban J connectivity index is 1.39. The van der Waals surface area contributed by atoms with Crippen LogP contribution in [0.4, 0.5) is 16.0 Å². The highest BCUT2D eigenvalue weighted by atomic mass is 19.1. The van der Waals surface area contributed by atoms with Crippen LogP contribution in [0.1, 0.15) is 29.2 Å². The molecule has 1 amide bonds. The monoisotopic (exact) mass is 444 g/mol. The van der Waals surface area contributed by atoms with Crippen LogP contribution in [0, 0.1) is 11.7 Å². The molecule has 166 valence electrons. The number of nitrogens with zero attached hydrogens (tertiary/aromatic N) is 5. The first kappa shape index (κ1) is 19.7. The molecule has 1 aliphatic heterocycles. The van der Waals surface area contributed by atoms with Crippen molar-refractivity contribution in [2.75, 3.05) is 17.6 Å². The number of nitrogen functional groups attached to an aromatic ring is 1. The van der Waals surface area contributed by atoms with Gasteiger partial charge in [-0.1, -0.05) is 6.07 Å². The number of benzene rings is 1. The van der Waals surface area contributed by atoms with Crippen LogP contribution in [0.15, 0.2) is 48.9 Å². The quantitative estimate of drug-likeness (QED) is 0.442. The highest BCUT2D eigenvalue weighted by Crippen LogP contribution is 2.42. The van der Waals surface area contributed by atoms with Gasteiger partial charge in [0.15, 0.2) is 5.65 Å². The molecule has 4 heterocycles. The maximum absolute atomic E-state index is 15.3. The molecule has 3 atom stereocenters. The van der Waals surface area contributed by atoms with Gasteiger partial charge < -0.3 is 16.4 Å². The van der Waals surface area contributed by atoms with Crippen LogP contribution in [0.5, 0.6) is 0 Å². The molecule has 2 fully saturated rings. The molecule has 6 rings (SSSR count). The van der Waals surface area contributed by atoms with Gasteiger partial charge >= 0.3 is 0 Å². The first-order chi connectivity index (χ1) is 16.1. The normalized spacial score (nSPS) is 21.5. The van der Waals surface area contributed by atoms with Crippen molar-refractivity contribution in [2.45, 2.75) is 24.9 Å². The first-order valence-corrected chi connectivity index (χ1v) is 10.8. The van der Waals surface area contributed by atoms with Crippen LogP contribution < -0.4 is 16.4 Å². The molecule has 0 radical (unpaired) electrons. The smallest absolute Gasteiger partial charge is 0.256 e. The number of rotatable bonds is 4. The Labute approximate surface area is 188 Å². The summed E-state index contributed by atoms with van der Waals surface area (Å²) in [6, 6.07) is 9.89. The van der Waals surface area contributed by atoms with Crippen LogP contribution in [0.2, 0.25) is 0 Å². The number of hydrogen-bond acceptors (Lipinski definition) is 7. The molecule has 0 spiro atoms. The first-order valence-electron chi connectivity index (χ1n) is 10.8. The van der Waals surface area contributed by atoms with E-state index in [0.717, 1.165) is 19.4 Å². The highest BCUT2D eigenvalue weighted by Gasteiger charge is 2.42. The number of carbonyl (C=O) groups is 1. The van der Waals surface area contributed by atoms with Gasteiger partial charge in [-0.05, 0) is 55.6 Å². The summed E-state index contributed by atoms with van der Waals surface area (Å²) >= 11 is 0. The second-order valence-electron chi connectivity index (χ2n) is 8.53. The lowest BCUT2D eigenvalue weighted by Crippen LogP contribution is -2.35. The second kappa shape index (κ2) is 7.59. The van der Waals surface area contributed by atoms with Crippen LogP contribution in [-0.4, -0.2) is 43.2 Å². The molecule has 1 saturated heterocycles. The molecular weight excluding hydrogens is 423 g/mol. The van der Waals surface area contributed by atoms with E-state index in [-0.39, 0.29) is 23.0 Å². The summed E-state index contributed by atoms with van der Waals surface area (Å²) in [7, 11) is 0. The van der Waals surface area contributed by atoms with Gasteiger partial charge in [0.2, 0.25) is 0 Å². The van der Waals surface area contributed by atoms with E-state index >= 15 is 4.39 Å². The Morgan fingerprint density at radius 1 is 1.18 bits per heavy atom. The average Bonchev–Trinajstić information content (AvgIpc) is 3.54. The highest BCUT2D eigenvalue weighted by molar-refractivity contribution is 6.04. The molecular formula is C23H21FN8O. The van der Waals surface area contributed by atoms with Gasteiger partial charge in [0.05, 0.1) is 11.4 Å². The van der Waals surface area contributed by atoms with E-state index in [9.17, 15) is 4.79 Å². The SMILES string of the molecule is Nc1ncnc2c1c(-c1ccc(C(=O)Nc3ccccn3)cc1F)nn2[C@H]1C[C@@H]2CN[C@H]1C2. The predicted molar refractivity (Wildman–Crippen MR) is 121 cm³/mol. The van der Waals surface area contributed by atoms with Crippen molar-refractivity contribution < 1.29 is 9.18 Å². The minimum absolute atomic E-state index is 0.126. The van der Waals surface area contributed by atoms with Gasteiger partial charge in [-0.3, -0.25) is 4.79 Å². The van der Waals surface area contributed by atoms with Crippen molar-refractivity contribution in [1.29, 1.82) is 0 Å². The molecule has 9 nitrogen and oxygen atoms in total. The fraction of sp³-hybridized carbons (Fsp3) is 0.261. The van der Waals surface area contributed by atoms with Crippen LogP contribution in [0.3, 0.4) is 0 Å². The Morgan fingerprint density at radius 2 is 2.09 bits per heavy atom. The van der Waals surface area contributed by atoms with Crippen LogP contribution >= 0.6 is 0 Å². The summed E-state index contributed by atoms with van der Waals surface area (Å²) in [5.74, 6) is 0.209. The van der Waals surface area contributed by atoms with E-state index < -0.39 is 11.7 Å². The summed E-state index contributed by atoms with van der Waals surface area (Å²) in [6.07, 6.45) is 5.06. The van der Waals surface area contributed by atoms with Crippen LogP contribution in [-0.2, 0) is 0 Å². The predicted octanol–water partition coefficient (Wildman–Crippen LogP) is 2.78. The molecule has 2 aliphatic rings. The van der Waals surface area contributed by atoms with E-state index in [2.05, 4.69) is 25.6 Å². The van der Waals surface area contributed by atoms with Crippen molar-refractivity contribution in [3.8, 4) is 11.3 Å². The molecule has 10 heteroatoms. The number of nitrogens with two attached hydrogens (primary N) is 1. The van der Waals surface area contributed by atoms with Crippen molar-refractivity contribution in [1.82, 2.24) is 30.0 Å². The zero-order chi connectivity index (χ0) is 22.5. The molecule has 1 aliphatic carbocycles. The third-order valence-corrected chi connectivity index (χ3v) is 6.52. The van der Waals surface area contributed by atoms with E-state index in [1.165, 1.54) is 12.4 Å². The van der Waals surface area contributed by atoms with Crippen molar-refractivity contribution in [3.05, 3.63) is 60.3 Å². The van der Waals surface area contributed by atoms with E-state index in [0.29, 0.717) is 34.5 Å². The number of pyridine rings is 1. The molecule has 4 aromatic rings. The summed E-state index contributed by atoms with van der Waals surface area (Å²) in [5, 5.41) is 11.5. The number of aromatic nitrogens is 5. The second-order valence-corrected chi connectivity index (χ2v) is 8.53. The average molecular weight is 444 g/mol. The fourth-order valence-electron chi connectivity index (χ4n) is 4.98. The molecule has 33 heavy (non-hydrogen) atoms. The Bertz CT molecular complexity index is 1370. The van der Waals surface area contributed by atoms with E-state index in [1.807, 2.05) is 4.68 Å². The number of fused-ring (bicyclic) bond motifs is 3. The molecule has 1 aromatic carbocycles. The Kier molecular flexibility index (Phi) is 4.54. The third-order valence-electron chi connectivity index (χ3n) is 6.52. The topological polar surface area (TPSA) is 124 Å². The maximum atomic E-state index is 15.3. The van der Waals surface area contributed by atoms with Crippen molar-refractivity contribution >= 4 is 28.6 Å². The minimum atomic E-state index is -0.579. The van der Waals surface area contributed by atoms with Gasteiger partial charge in [-0.25, -0.2) is 24.0 Å². The van der Waals surface area contributed by atoms with Gasteiger partial charge in [0.1, 0.15) is 29.5 Å². The molecule has 3 aromatic heterocycles. The van der Waals surface area contributed by atoms with E-state index in [1.54, 1.807) is 36.5 Å². The summed E-state index contributed by atoms with van der Waals surface area (Å²) in [4.78, 5) is 25.1. The number of nitrogens with one attached hydrogen (secondary N) is 2. The number of piperidine rings is 1. The summed E-state index contributed by atoms with van der Waals surface area (Å²) < 4.78 is 17.2. The lowest BCUT2D eigenvalue weighted by atomic mass is 10.1. The molecule has 2 bridgehead atoms. The minimum Gasteiger partial charge on any atom is -0.383 e. The van der Waals surface area contributed by atoms with Gasteiger partial charge in [-0.2, -0.15) is 5.10 Å². The van der Waals surface area contributed by atoms with Crippen LogP contribution in [0.25, 0.3) is 22.3 Å². The number of amides is 1. The molecule has 1 saturated carbocycles. The number of carbonyl (C=O) groups excluding carboxylic acids is 1. The van der Waals surface area contributed by atoms with E-state index in [4.69, 9.17) is 10.8 Å². The van der Waals surface area contributed by atoms with Gasteiger partial charge in [-0.15, -0.1) is 0 Å². The zero-order valence-electron chi connectivity index (χ0n) is 17.6. The maximum Gasteiger partial charge on any atom is 0.256 e. The van der Waals surface area contributed by atoms with Crippen molar-refractivity contribution in [2.24, 2.45) is 5.92 Å². The lowest BCUT2D eigenvalue weighted by molar-refractivity contribution is 0.102. The number of hydrogen-bond donors (Lipinski definition) is 3. The number of halogens is 1. The standard InChI is InChI=1S/C23H21FN8O/c24-15-9-13(23(33)30-18-3-1-2-6-26-18)4-5-14(15)20-19-21(25)28-11-29-22(19)32(31-20)17-8-12-7-16(17)27-10-12/h1-6,9,11-12,16-17,27H,7-8,10H2,(H2,25,28,29)(H,26,30,33)/t12-,16+,17+/m1/s1. The zero-order valence-corrected chi connectivity index (χ0v) is 17.6. The number of anilines is 2. The third kappa shape index (κ3) is 3.30. The molecule has 4 N–H and O–H groups in total. The molecule has 0 unspecified atom stereocenters. The Morgan fingerprint density at radius 3 is 2.82 bits per heavy atom. The fourth-order valence-corrected chi connectivity index (χ4v) is 4.98. The summed E-state index contributed by atoms with van der Waals surface area (Å²) in [6.45, 7) is 1.01. The van der Waals surface area contributed by atoms with Gasteiger partial charge in [0, 0.05) is 23.4 Å². The lowest BCUT2D eigenvalue weighted by Gasteiger charge is -2.23. The summed E-state index contributed by atoms with van der Waals surface area (Å²) in [5.41, 5.74) is 7.56. The largest absolute Gasteiger partial charge is 0.383 e. The Hall–Kier alpha value is -3.92. The van der Waals surface area contributed by atoms with Crippen molar-refractivity contribution in [3.63, 3.8) is 0 Å².